The van der Waals surface area contributed by atoms with E-state index in [1.807, 2.05) is 49.6 Å². The lowest BCUT2D eigenvalue weighted by molar-refractivity contribution is 0.302. The van der Waals surface area contributed by atoms with Gasteiger partial charge in [0.2, 0.25) is 10.0 Å². The fraction of sp³-hybridized carbons (Fsp3) is 0.318. The van der Waals surface area contributed by atoms with Crippen molar-refractivity contribution in [3.63, 3.8) is 0 Å². The Morgan fingerprint density at radius 2 is 1.77 bits per heavy atom. The minimum atomic E-state index is -3.67. The molecule has 3 aromatic rings. The third kappa shape index (κ3) is 5.38. The highest BCUT2D eigenvalue weighted by Gasteiger charge is 2.29. The molecule has 0 bridgehead atoms. The van der Waals surface area contributed by atoms with Crippen molar-refractivity contribution in [2.75, 3.05) is 7.11 Å². The Bertz CT molecular complexity index is 1030. The summed E-state index contributed by atoms with van der Waals surface area (Å²) in [6.07, 6.45) is 0.698. The highest BCUT2D eigenvalue weighted by Crippen LogP contribution is 2.25. The first kappa shape index (κ1) is 22.3. The molecule has 1 aromatic heterocycles. The van der Waals surface area contributed by atoms with Crippen LogP contribution in [0.3, 0.4) is 0 Å². The number of thiazole rings is 1. The summed E-state index contributed by atoms with van der Waals surface area (Å²) in [4.78, 5) is 4.83. The Hall–Kier alpha value is -2.42. The van der Waals surface area contributed by atoms with Crippen molar-refractivity contribution >= 4 is 21.4 Å². The molecule has 30 heavy (non-hydrogen) atoms. The van der Waals surface area contributed by atoms with Gasteiger partial charge in [-0.15, -0.1) is 11.3 Å². The second-order valence-corrected chi connectivity index (χ2v) is 9.65. The number of aromatic nitrogens is 1. The van der Waals surface area contributed by atoms with Crippen LogP contribution in [0.2, 0.25) is 0 Å². The Kier molecular flexibility index (Phi) is 7.47. The molecule has 160 valence electrons. The lowest BCUT2D eigenvalue weighted by Crippen LogP contribution is -2.37. The predicted octanol–water partition coefficient (Wildman–Crippen LogP) is 4.72. The third-order valence-corrected chi connectivity index (χ3v) is 7.62. The van der Waals surface area contributed by atoms with Crippen molar-refractivity contribution in [2.24, 2.45) is 0 Å². The minimum Gasteiger partial charge on any atom is -0.497 e. The molecule has 0 saturated carbocycles. The summed E-state index contributed by atoms with van der Waals surface area (Å²) in [7, 11) is -2.12. The first-order valence-electron chi connectivity index (χ1n) is 9.71. The summed E-state index contributed by atoms with van der Waals surface area (Å²) in [5, 5.41) is 2.70. The van der Waals surface area contributed by atoms with Crippen LogP contribution in [-0.2, 0) is 23.2 Å². The minimum absolute atomic E-state index is 0.164. The van der Waals surface area contributed by atoms with Gasteiger partial charge in [0, 0.05) is 11.4 Å². The van der Waals surface area contributed by atoms with Crippen molar-refractivity contribution in [3.05, 3.63) is 70.7 Å². The average molecular weight is 447 g/mol. The maximum atomic E-state index is 13.3. The quantitative estimate of drug-likeness (QED) is 0.451. The van der Waals surface area contributed by atoms with Crippen molar-refractivity contribution in [1.29, 1.82) is 0 Å². The van der Waals surface area contributed by atoms with Crippen LogP contribution < -0.4 is 9.47 Å². The molecular weight excluding hydrogens is 420 g/mol. The Morgan fingerprint density at radius 1 is 1.07 bits per heavy atom. The second-order valence-electron chi connectivity index (χ2n) is 6.82. The fourth-order valence-electron chi connectivity index (χ4n) is 2.87. The van der Waals surface area contributed by atoms with Gasteiger partial charge in [-0.2, -0.15) is 4.31 Å². The van der Waals surface area contributed by atoms with Crippen LogP contribution in [0.5, 0.6) is 11.5 Å². The molecule has 1 atom stereocenters. The zero-order valence-corrected chi connectivity index (χ0v) is 18.9. The zero-order chi connectivity index (χ0) is 21.6. The third-order valence-electron chi connectivity index (χ3n) is 4.77. The Labute approximate surface area is 182 Å². The molecule has 0 aliphatic rings. The van der Waals surface area contributed by atoms with Crippen LogP contribution in [0.25, 0.3) is 0 Å². The Morgan fingerprint density at radius 3 is 2.40 bits per heavy atom. The van der Waals surface area contributed by atoms with Gasteiger partial charge in [-0.05, 0) is 49.7 Å². The molecule has 0 spiro atoms. The van der Waals surface area contributed by atoms with E-state index in [1.165, 1.54) is 15.6 Å². The van der Waals surface area contributed by atoms with Crippen LogP contribution >= 0.6 is 11.3 Å². The molecule has 8 heteroatoms. The van der Waals surface area contributed by atoms with Gasteiger partial charge < -0.3 is 9.47 Å². The number of nitrogens with zero attached hydrogens (tertiary/aromatic N) is 2. The van der Waals surface area contributed by atoms with Crippen molar-refractivity contribution < 1.29 is 17.9 Å². The van der Waals surface area contributed by atoms with Crippen molar-refractivity contribution in [3.8, 4) is 11.5 Å². The number of methoxy groups -OCH3 is 1. The van der Waals surface area contributed by atoms with Gasteiger partial charge in [-0.3, -0.25) is 0 Å². The van der Waals surface area contributed by atoms with Gasteiger partial charge in [0.25, 0.3) is 0 Å². The molecule has 0 unspecified atom stereocenters. The van der Waals surface area contributed by atoms with Gasteiger partial charge in [0.15, 0.2) is 0 Å². The molecule has 3 rings (SSSR count). The van der Waals surface area contributed by atoms with Gasteiger partial charge in [0.05, 0.1) is 24.2 Å². The van der Waals surface area contributed by atoms with E-state index >= 15 is 0 Å². The number of ether oxygens (including phenoxy) is 2. The first-order chi connectivity index (χ1) is 14.4. The molecule has 0 fully saturated rings. The number of rotatable bonds is 10. The van der Waals surface area contributed by atoms with E-state index < -0.39 is 10.0 Å². The second kappa shape index (κ2) is 10.1. The molecule has 1 heterocycles. The normalized spacial score (nSPS) is 12.7. The SMILES string of the molecule is CC[C@H](C)N(Cc1csc(COc2ccccc2)n1)S(=O)(=O)c1ccc(OC)cc1. The fourth-order valence-corrected chi connectivity index (χ4v) is 5.25. The largest absolute Gasteiger partial charge is 0.497 e. The van der Waals surface area contributed by atoms with Crippen LogP contribution in [0.15, 0.2) is 64.9 Å². The summed E-state index contributed by atoms with van der Waals surface area (Å²) in [5.74, 6) is 1.39. The lowest BCUT2D eigenvalue weighted by Gasteiger charge is -2.27. The molecule has 0 aliphatic heterocycles. The van der Waals surface area contributed by atoms with Crippen LogP contribution in [0.1, 0.15) is 31.0 Å². The predicted molar refractivity (Wildman–Crippen MR) is 118 cm³/mol. The number of para-hydroxylation sites is 1. The van der Waals surface area contributed by atoms with Gasteiger partial charge in [-0.1, -0.05) is 25.1 Å². The molecule has 2 aromatic carbocycles. The van der Waals surface area contributed by atoms with Gasteiger partial charge in [0.1, 0.15) is 23.1 Å². The van der Waals surface area contributed by atoms with Crippen molar-refractivity contribution in [1.82, 2.24) is 9.29 Å². The number of sulfonamides is 1. The van der Waals surface area contributed by atoms with Gasteiger partial charge in [-0.25, -0.2) is 13.4 Å². The standard InChI is InChI=1S/C22H26N2O4S2/c1-4-17(2)24(30(25,26)21-12-10-19(27-3)11-13-21)14-18-16-29-22(23-18)15-28-20-8-6-5-7-9-20/h5-13,16-17H,4,14-15H2,1-3H3/t17-/m0/s1. The summed E-state index contributed by atoms with van der Waals surface area (Å²) in [5.41, 5.74) is 0.712. The zero-order valence-electron chi connectivity index (χ0n) is 17.3. The van der Waals surface area contributed by atoms with E-state index in [1.54, 1.807) is 31.4 Å². The molecular formula is C22H26N2O4S2. The summed E-state index contributed by atoms with van der Waals surface area (Å²) in [6.45, 7) is 4.45. The molecule has 0 N–H and O–H groups in total. The van der Waals surface area contributed by atoms with Crippen LogP contribution in [0.4, 0.5) is 0 Å². The molecule has 0 aliphatic carbocycles. The Balaban J connectivity index is 1.75. The first-order valence-corrected chi connectivity index (χ1v) is 12.0. The van der Waals surface area contributed by atoms with E-state index in [0.29, 0.717) is 24.5 Å². The topological polar surface area (TPSA) is 68.7 Å². The van der Waals surface area contributed by atoms with E-state index in [9.17, 15) is 8.42 Å². The lowest BCUT2D eigenvalue weighted by atomic mass is 10.2. The number of hydrogen-bond acceptors (Lipinski definition) is 6. The van der Waals surface area contributed by atoms with Crippen molar-refractivity contribution in [2.45, 2.75) is 44.4 Å². The molecule has 0 saturated heterocycles. The smallest absolute Gasteiger partial charge is 0.243 e. The van der Waals surface area contributed by atoms with Gasteiger partial charge >= 0.3 is 0 Å². The highest BCUT2D eigenvalue weighted by molar-refractivity contribution is 7.89. The van der Waals surface area contributed by atoms with E-state index in [0.717, 1.165) is 10.8 Å². The maximum Gasteiger partial charge on any atom is 0.243 e. The number of benzene rings is 2. The molecule has 6 nitrogen and oxygen atoms in total. The maximum absolute atomic E-state index is 13.3. The summed E-state index contributed by atoms with van der Waals surface area (Å²) >= 11 is 1.47. The van der Waals surface area contributed by atoms with Crippen LogP contribution in [-0.4, -0.2) is 30.9 Å². The average Bonchev–Trinajstić information content (AvgIpc) is 3.23. The monoisotopic (exact) mass is 446 g/mol. The summed E-state index contributed by atoms with van der Waals surface area (Å²) in [6, 6.07) is 15.8. The van der Waals surface area contributed by atoms with E-state index in [2.05, 4.69) is 4.98 Å². The van der Waals surface area contributed by atoms with E-state index in [-0.39, 0.29) is 17.5 Å². The van der Waals surface area contributed by atoms with E-state index in [4.69, 9.17) is 9.47 Å². The highest BCUT2D eigenvalue weighted by atomic mass is 32.2. The summed E-state index contributed by atoms with van der Waals surface area (Å²) < 4.78 is 39.0. The molecule has 0 amide bonds. The number of hydrogen-bond donors (Lipinski definition) is 0. The molecule has 0 radical (unpaired) electrons. The van der Waals surface area contributed by atoms with Crippen LogP contribution in [0, 0.1) is 0 Å².